The Bertz CT molecular complexity index is 919. The van der Waals surface area contributed by atoms with Gasteiger partial charge in [0.15, 0.2) is 5.76 Å². The van der Waals surface area contributed by atoms with Crippen LogP contribution in [0.15, 0.2) is 58.5 Å². The molecule has 0 spiro atoms. The summed E-state index contributed by atoms with van der Waals surface area (Å²) in [5, 5.41) is 13.8. The molecule has 0 aliphatic heterocycles. The van der Waals surface area contributed by atoms with E-state index in [-0.39, 0.29) is 40.2 Å². The maximum absolute atomic E-state index is 13.2. The first-order valence-electron chi connectivity index (χ1n) is 9.40. The van der Waals surface area contributed by atoms with E-state index in [0.717, 1.165) is 6.42 Å². The number of nitrogens with zero attached hydrogens (tertiary/aromatic N) is 1. The van der Waals surface area contributed by atoms with Crippen LogP contribution in [0.5, 0.6) is 0 Å². The molecule has 0 fully saturated rings. The van der Waals surface area contributed by atoms with Crippen molar-refractivity contribution in [1.29, 1.82) is 0 Å². The smallest absolute Gasteiger partial charge is 0.269 e. The fourth-order valence-electron chi connectivity index (χ4n) is 3.19. The Morgan fingerprint density at radius 2 is 1.83 bits per heavy atom. The van der Waals surface area contributed by atoms with Gasteiger partial charge in [-0.25, -0.2) is 0 Å². The van der Waals surface area contributed by atoms with Crippen LogP contribution in [0.1, 0.15) is 40.5 Å². The lowest BCUT2D eigenvalue weighted by Crippen LogP contribution is -2.30. The molecule has 0 bridgehead atoms. The molecule has 0 saturated heterocycles. The van der Waals surface area contributed by atoms with E-state index in [1.807, 2.05) is 20.8 Å². The summed E-state index contributed by atoms with van der Waals surface area (Å²) in [6.45, 7) is 7.50. The highest BCUT2D eigenvalue weighted by Gasteiger charge is 2.36. The number of rotatable bonds is 8. The highest BCUT2D eigenvalue weighted by atomic mass is 16.6. The lowest BCUT2D eigenvalue weighted by Gasteiger charge is -2.25. The molecule has 1 aromatic carbocycles. The lowest BCUT2D eigenvalue weighted by molar-refractivity contribution is -0.384. The van der Waals surface area contributed by atoms with Gasteiger partial charge in [-0.05, 0) is 51.7 Å². The van der Waals surface area contributed by atoms with E-state index < -0.39 is 4.92 Å². The van der Waals surface area contributed by atoms with Crippen LogP contribution in [0.3, 0.4) is 0 Å². The van der Waals surface area contributed by atoms with Crippen LogP contribution < -0.4 is 5.32 Å². The van der Waals surface area contributed by atoms with Gasteiger partial charge in [0.1, 0.15) is 0 Å². The molecule has 1 aliphatic carbocycles. The van der Waals surface area contributed by atoms with Gasteiger partial charge in [0.05, 0.1) is 23.3 Å². The van der Waals surface area contributed by atoms with Crippen molar-refractivity contribution < 1.29 is 19.2 Å². The molecule has 0 amide bonds. The van der Waals surface area contributed by atoms with Crippen LogP contribution in [0.4, 0.5) is 11.4 Å². The van der Waals surface area contributed by atoms with Crippen LogP contribution in [0, 0.1) is 16.0 Å². The van der Waals surface area contributed by atoms with Crippen molar-refractivity contribution in [3.05, 3.63) is 68.6 Å². The number of carbonyl (C=O) groups excluding carboxylic acids is 2. The van der Waals surface area contributed by atoms with E-state index >= 15 is 0 Å². The van der Waals surface area contributed by atoms with Gasteiger partial charge in [0.25, 0.3) is 5.69 Å². The molecule has 1 aliphatic rings. The largest absolute Gasteiger partial charge is 0.492 e. The molecule has 1 N–H and O–H groups in total. The quantitative estimate of drug-likeness (QED) is 0.295. The molecule has 1 aromatic rings. The van der Waals surface area contributed by atoms with Crippen molar-refractivity contribution in [1.82, 2.24) is 0 Å². The Kier molecular flexibility index (Phi) is 7.09. The molecular weight excluding hydrogens is 372 g/mol. The highest BCUT2D eigenvalue weighted by molar-refractivity contribution is 6.25. The van der Waals surface area contributed by atoms with E-state index in [1.54, 1.807) is 6.92 Å². The number of nitro groups is 1. The first-order valence-corrected chi connectivity index (χ1v) is 9.40. The van der Waals surface area contributed by atoms with Crippen molar-refractivity contribution in [3.63, 3.8) is 0 Å². The normalized spacial score (nSPS) is 15.3. The summed E-state index contributed by atoms with van der Waals surface area (Å²) >= 11 is 0. The van der Waals surface area contributed by atoms with Crippen LogP contribution in [-0.4, -0.2) is 23.6 Å². The van der Waals surface area contributed by atoms with Gasteiger partial charge < -0.3 is 10.1 Å². The predicted molar refractivity (Wildman–Crippen MR) is 111 cm³/mol. The van der Waals surface area contributed by atoms with E-state index in [1.165, 1.54) is 36.9 Å². The second-order valence-electron chi connectivity index (χ2n) is 7.29. The number of non-ortho nitro benzene ring substituents is 1. The van der Waals surface area contributed by atoms with Gasteiger partial charge in [-0.1, -0.05) is 18.6 Å². The fraction of sp³-hybridized carbons (Fsp3) is 0.364. The second kappa shape index (κ2) is 9.32. The van der Waals surface area contributed by atoms with Crippen LogP contribution in [-0.2, 0) is 14.3 Å². The molecule has 29 heavy (non-hydrogen) atoms. The molecule has 0 radical (unpaired) electrons. The topological polar surface area (TPSA) is 98.5 Å². The maximum Gasteiger partial charge on any atom is 0.269 e. The summed E-state index contributed by atoms with van der Waals surface area (Å²) < 4.78 is 5.30. The number of methoxy groups -OCH3 is 1. The Morgan fingerprint density at radius 3 is 2.34 bits per heavy atom. The Labute approximate surface area is 170 Å². The second-order valence-corrected chi connectivity index (χ2v) is 7.29. The third kappa shape index (κ3) is 4.99. The van der Waals surface area contributed by atoms with Crippen molar-refractivity contribution in [3.8, 4) is 0 Å². The zero-order chi connectivity index (χ0) is 21.7. The number of nitro benzene ring substituents is 1. The number of ether oxygens (including phenoxy) is 1. The number of Topliss-reactive ketones (excluding diaryl/α,β-unsaturated/α-hetero) is 2. The molecular formula is C22H26N2O5. The maximum atomic E-state index is 13.2. The SMILES string of the molecule is COC1=C(C(C)CCC=C(C)C)C(=O)C(Nc2ccc([N+](=O)[O-])cc2)=C(C)C1=O. The number of nitrogens with one attached hydrogen (secondary N) is 1. The average molecular weight is 398 g/mol. The number of carbonyl (C=O) groups is 2. The Balaban J connectivity index is 2.33. The molecule has 2 rings (SSSR count). The van der Waals surface area contributed by atoms with E-state index in [9.17, 15) is 19.7 Å². The number of anilines is 1. The average Bonchev–Trinajstić information content (AvgIpc) is 2.67. The van der Waals surface area contributed by atoms with Gasteiger partial charge in [-0.3, -0.25) is 19.7 Å². The van der Waals surface area contributed by atoms with Crippen molar-refractivity contribution in [2.24, 2.45) is 5.92 Å². The summed E-state index contributed by atoms with van der Waals surface area (Å²) in [5.74, 6) is -0.701. The van der Waals surface area contributed by atoms with Crippen LogP contribution in [0.2, 0.25) is 0 Å². The molecule has 0 saturated carbocycles. The first-order chi connectivity index (χ1) is 13.7. The number of ketones is 2. The zero-order valence-corrected chi connectivity index (χ0v) is 17.4. The number of hydrogen-bond acceptors (Lipinski definition) is 6. The van der Waals surface area contributed by atoms with Gasteiger partial charge in [-0.2, -0.15) is 0 Å². The van der Waals surface area contributed by atoms with Crippen LogP contribution >= 0.6 is 0 Å². The van der Waals surface area contributed by atoms with E-state index in [4.69, 9.17) is 4.74 Å². The molecule has 7 heteroatoms. The third-order valence-electron chi connectivity index (χ3n) is 4.83. The lowest BCUT2D eigenvalue weighted by atomic mass is 9.83. The molecule has 1 unspecified atom stereocenters. The predicted octanol–water partition coefficient (Wildman–Crippen LogP) is 4.72. The molecule has 0 heterocycles. The molecule has 1 atom stereocenters. The Morgan fingerprint density at radius 1 is 1.21 bits per heavy atom. The molecule has 154 valence electrons. The first kappa shape index (κ1) is 22.1. The number of hydrogen-bond donors (Lipinski definition) is 1. The molecule has 0 aromatic heterocycles. The number of benzene rings is 1. The van der Waals surface area contributed by atoms with Crippen molar-refractivity contribution in [2.75, 3.05) is 12.4 Å². The van der Waals surface area contributed by atoms with Gasteiger partial charge in [0, 0.05) is 23.4 Å². The fourth-order valence-corrected chi connectivity index (χ4v) is 3.19. The van der Waals surface area contributed by atoms with Crippen molar-refractivity contribution in [2.45, 2.75) is 40.5 Å². The van der Waals surface area contributed by atoms with Gasteiger partial charge in [-0.15, -0.1) is 0 Å². The minimum absolute atomic E-state index is 0.0533. The van der Waals surface area contributed by atoms with Crippen molar-refractivity contribution >= 4 is 22.9 Å². The molecule has 7 nitrogen and oxygen atoms in total. The zero-order valence-electron chi connectivity index (χ0n) is 17.4. The van der Waals surface area contributed by atoms with Gasteiger partial charge in [0.2, 0.25) is 11.6 Å². The summed E-state index contributed by atoms with van der Waals surface area (Å²) in [6.07, 6.45) is 3.59. The highest BCUT2D eigenvalue weighted by Crippen LogP contribution is 2.32. The van der Waals surface area contributed by atoms with Crippen LogP contribution in [0.25, 0.3) is 0 Å². The Hall–Kier alpha value is -3.22. The summed E-state index contributed by atoms with van der Waals surface area (Å²) in [4.78, 5) is 36.4. The minimum Gasteiger partial charge on any atom is -0.492 e. The van der Waals surface area contributed by atoms with E-state index in [0.29, 0.717) is 17.7 Å². The standard InChI is InChI=1S/C22H26N2O5/c1-13(2)7-6-8-14(3)18-21(26)19(15(4)20(25)22(18)29-5)23-16-9-11-17(12-10-16)24(27)28/h7,9-12,14,23H,6,8H2,1-5H3. The monoisotopic (exact) mass is 398 g/mol. The summed E-state index contributed by atoms with van der Waals surface area (Å²) in [6, 6.07) is 5.69. The summed E-state index contributed by atoms with van der Waals surface area (Å²) in [5.41, 5.74) is 2.42. The van der Waals surface area contributed by atoms with E-state index in [2.05, 4.69) is 11.4 Å². The van der Waals surface area contributed by atoms with Gasteiger partial charge >= 0.3 is 0 Å². The third-order valence-corrected chi connectivity index (χ3v) is 4.83. The minimum atomic E-state index is -0.497. The summed E-state index contributed by atoms with van der Waals surface area (Å²) in [7, 11) is 1.39. The number of allylic oxidation sites excluding steroid dienone is 4.